The van der Waals surface area contributed by atoms with Crippen molar-refractivity contribution in [2.24, 2.45) is 0 Å². The number of benzene rings is 2. The van der Waals surface area contributed by atoms with E-state index >= 15 is 0 Å². The maximum absolute atomic E-state index is 11.7. The molecule has 0 aromatic heterocycles. The van der Waals surface area contributed by atoms with E-state index in [9.17, 15) is 20.0 Å². The Morgan fingerprint density at radius 1 is 1.28 bits per heavy atom. The number of nitrogens with zero attached hydrogens (tertiary/aromatic N) is 1. The van der Waals surface area contributed by atoms with Crippen molar-refractivity contribution in [1.29, 1.82) is 0 Å². The molecule has 1 N–H and O–H groups in total. The van der Waals surface area contributed by atoms with Crippen molar-refractivity contribution in [3.63, 3.8) is 0 Å². The molecule has 0 saturated carbocycles. The molecule has 1 atom stereocenters. The Labute approximate surface area is 142 Å². The lowest BCUT2D eigenvalue weighted by Gasteiger charge is -2.14. The molecule has 0 amide bonds. The van der Waals surface area contributed by atoms with Gasteiger partial charge in [-0.2, -0.15) is 0 Å². The molecule has 0 spiro atoms. The van der Waals surface area contributed by atoms with Crippen LogP contribution >= 0.6 is 0 Å². The van der Waals surface area contributed by atoms with E-state index in [1.807, 2.05) is 0 Å². The summed E-state index contributed by atoms with van der Waals surface area (Å²) in [4.78, 5) is 22.3. The van der Waals surface area contributed by atoms with Crippen LogP contribution in [0.4, 0.5) is 5.69 Å². The predicted molar refractivity (Wildman–Crippen MR) is 86.3 cm³/mol. The smallest absolute Gasteiger partial charge is 0.311 e. The van der Waals surface area contributed by atoms with Crippen molar-refractivity contribution < 1.29 is 29.0 Å². The van der Waals surface area contributed by atoms with Crippen LogP contribution in [0.5, 0.6) is 17.2 Å². The molecule has 0 radical (unpaired) electrons. The zero-order valence-electron chi connectivity index (χ0n) is 13.3. The minimum atomic E-state index is -1.03. The standard InChI is InChI=1S/C17H15NO7/c1-23-14-4-2-10(7-13(14)18(21)22)6-12(17(19)20)11-3-5-15-16(8-11)25-9-24-15/h2-5,7-8,12H,6,9H2,1H3,(H,19,20). The van der Waals surface area contributed by atoms with E-state index < -0.39 is 16.8 Å². The van der Waals surface area contributed by atoms with E-state index in [0.29, 0.717) is 22.6 Å². The van der Waals surface area contributed by atoms with E-state index in [0.717, 1.165) is 0 Å². The Morgan fingerprint density at radius 3 is 2.72 bits per heavy atom. The van der Waals surface area contributed by atoms with Crippen molar-refractivity contribution in [2.45, 2.75) is 12.3 Å². The summed E-state index contributed by atoms with van der Waals surface area (Å²) >= 11 is 0. The van der Waals surface area contributed by atoms with Crippen molar-refractivity contribution in [3.05, 3.63) is 57.6 Å². The number of hydrogen-bond donors (Lipinski definition) is 1. The maximum Gasteiger partial charge on any atom is 0.311 e. The van der Waals surface area contributed by atoms with E-state index in [2.05, 4.69) is 0 Å². The van der Waals surface area contributed by atoms with E-state index in [1.54, 1.807) is 24.3 Å². The molecule has 25 heavy (non-hydrogen) atoms. The number of carboxylic acids is 1. The lowest BCUT2D eigenvalue weighted by atomic mass is 9.91. The summed E-state index contributed by atoms with van der Waals surface area (Å²) < 4.78 is 15.5. The molecule has 1 heterocycles. The van der Waals surface area contributed by atoms with Crippen LogP contribution in [-0.2, 0) is 11.2 Å². The third-order valence-electron chi connectivity index (χ3n) is 3.98. The lowest BCUT2D eigenvalue weighted by Crippen LogP contribution is -2.14. The average molecular weight is 345 g/mol. The highest BCUT2D eigenvalue weighted by atomic mass is 16.7. The molecular weight excluding hydrogens is 330 g/mol. The SMILES string of the molecule is COc1ccc(CC(C(=O)O)c2ccc3c(c2)OCO3)cc1[N+](=O)[O-]. The first kappa shape index (κ1) is 16.6. The fourth-order valence-corrected chi connectivity index (χ4v) is 2.72. The summed E-state index contributed by atoms with van der Waals surface area (Å²) in [7, 11) is 1.34. The van der Waals surface area contributed by atoms with Gasteiger partial charge in [0.15, 0.2) is 17.2 Å². The monoisotopic (exact) mass is 345 g/mol. The van der Waals surface area contributed by atoms with Crippen molar-refractivity contribution in [2.75, 3.05) is 13.9 Å². The van der Waals surface area contributed by atoms with Crippen LogP contribution in [0.25, 0.3) is 0 Å². The van der Waals surface area contributed by atoms with Gasteiger partial charge in [0.05, 0.1) is 18.0 Å². The minimum Gasteiger partial charge on any atom is -0.490 e. The van der Waals surface area contributed by atoms with Gasteiger partial charge in [-0.3, -0.25) is 14.9 Å². The summed E-state index contributed by atoms with van der Waals surface area (Å²) in [6, 6.07) is 9.36. The lowest BCUT2D eigenvalue weighted by molar-refractivity contribution is -0.385. The van der Waals surface area contributed by atoms with Crippen LogP contribution < -0.4 is 14.2 Å². The summed E-state index contributed by atoms with van der Waals surface area (Å²) in [5, 5.41) is 20.7. The third kappa shape index (κ3) is 3.32. The number of ether oxygens (including phenoxy) is 3. The molecule has 2 aromatic rings. The van der Waals surface area contributed by atoms with Crippen LogP contribution in [0.15, 0.2) is 36.4 Å². The summed E-state index contributed by atoms with van der Waals surface area (Å²) in [5.41, 5.74) is 0.864. The number of rotatable bonds is 6. The number of hydrogen-bond acceptors (Lipinski definition) is 6. The highest BCUT2D eigenvalue weighted by molar-refractivity contribution is 5.77. The van der Waals surface area contributed by atoms with Crippen LogP contribution in [0, 0.1) is 10.1 Å². The second-order valence-electron chi connectivity index (χ2n) is 5.47. The van der Waals surface area contributed by atoms with Crippen molar-refractivity contribution in [1.82, 2.24) is 0 Å². The zero-order valence-corrected chi connectivity index (χ0v) is 13.3. The van der Waals surface area contributed by atoms with Crippen LogP contribution in [0.1, 0.15) is 17.0 Å². The fraction of sp³-hybridized carbons (Fsp3) is 0.235. The molecule has 2 aromatic carbocycles. The molecule has 1 aliphatic rings. The van der Waals surface area contributed by atoms with Crippen molar-refractivity contribution >= 4 is 11.7 Å². The molecule has 130 valence electrons. The first-order chi connectivity index (χ1) is 12.0. The first-order valence-electron chi connectivity index (χ1n) is 7.43. The number of methoxy groups -OCH3 is 1. The van der Waals surface area contributed by atoms with Gasteiger partial charge >= 0.3 is 11.7 Å². The number of nitro benzene ring substituents is 1. The second-order valence-corrected chi connectivity index (χ2v) is 5.47. The Bertz CT molecular complexity index is 834. The van der Waals surface area contributed by atoms with Crippen LogP contribution in [0.2, 0.25) is 0 Å². The largest absolute Gasteiger partial charge is 0.490 e. The van der Waals surface area contributed by atoms with Gasteiger partial charge in [0.2, 0.25) is 6.79 Å². The van der Waals surface area contributed by atoms with Gasteiger partial charge in [-0.1, -0.05) is 12.1 Å². The Hall–Kier alpha value is -3.29. The van der Waals surface area contributed by atoms with Crippen molar-refractivity contribution in [3.8, 4) is 17.2 Å². The second kappa shape index (κ2) is 6.68. The van der Waals surface area contributed by atoms with Crippen LogP contribution in [-0.4, -0.2) is 29.9 Å². The zero-order chi connectivity index (χ0) is 18.0. The molecule has 0 saturated heterocycles. The molecule has 1 unspecified atom stereocenters. The molecule has 8 heteroatoms. The van der Waals surface area contributed by atoms with Gasteiger partial charge < -0.3 is 19.3 Å². The van der Waals surface area contributed by atoms with Gasteiger partial charge in [-0.25, -0.2) is 0 Å². The molecule has 0 fully saturated rings. The normalized spacial score (nSPS) is 13.3. The minimum absolute atomic E-state index is 0.0970. The Morgan fingerprint density at radius 2 is 2.04 bits per heavy atom. The third-order valence-corrected chi connectivity index (χ3v) is 3.98. The Kier molecular flexibility index (Phi) is 4.42. The molecule has 1 aliphatic heterocycles. The van der Waals surface area contributed by atoms with E-state index in [1.165, 1.54) is 19.2 Å². The van der Waals surface area contributed by atoms with Gasteiger partial charge in [0, 0.05) is 6.07 Å². The fourth-order valence-electron chi connectivity index (χ4n) is 2.72. The molecule has 8 nitrogen and oxygen atoms in total. The Balaban J connectivity index is 1.91. The predicted octanol–water partition coefficient (Wildman–Crippen LogP) is 2.74. The number of nitro groups is 1. The molecule has 0 bridgehead atoms. The maximum atomic E-state index is 11.7. The van der Waals surface area contributed by atoms with E-state index in [4.69, 9.17) is 14.2 Å². The first-order valence-corrected chi connectivity index (χ1v) is 7.43. The highest BCUT2D eigenvalue weighted by Gasteiger charge is 2.25. The average Bonchev–Trinajstić information content (AvgIpc) is 3.06. The number of carbonyl (C=O) groups is 1. The highest BCUT2D eigenvalue weighted by Crippen LogP contribution is 2.36. The quantitative estimate of drug-likeness (QED) is 0.633. The van der Waals surface area contributed by atoms with Crippen LogP contribution in [0.3, 0.4) is 0 Å². The number of fused-ring (bicyclic) bond motifs is 1. The number of aliphatic carboxylic acids is 1. The topological polar surface area (TPSA) is 108 Å². The van der Waals surface area contributed by atoms with Gasteiger partial charge in [-0.05, 0) is 35.7 Å². The molecule has 0 aliphatic carbocycles. The number of carboxylic acid groups (broad SMARTS) is 1. The molecular formula is C17H15NO7. The van der Waals surface area contributed by atoms with Gasteiger partial charge in [0.1, 0.15) is 0 Å². The van der Waals surface area contributed by atoms with E-state index in [-0.39, 0.29) is 24.7 Å². The summed E-state index contributed by atoms with van der Waals surface area (Å²) in [6.07, 6.45) is 0.0970. The summed E-state index contributed by atoms with van der Waals surface area (Å²) in [5.74, 6) is -0.721. The van der Waals surface area contributed by atoms with Gasteiger partial charge in [-0.15, -0.1) is 0 Å². The van der Waals surface area contributed by atoms with Gasteiger partial charge in [0.25, 0.3) is 0 Å². The summed E-state index contributed by atoms with van der Waals surface area (Å²) in [6.45, 7) is 0.0984. The molecule has 3 rings (SSSR count).